The summed E-state index contributed by atoms with van der Waals surface area (Å²) in [6.07, 6.45) is 3.89. The number of hydrogen-bond donors (Lipinski definition) is 0. The summed E-state index contributed by atoms with van der Waals surface area (Å²) in [6.45, 7) is 2.27. The number of fused-ring (bicyclic) bond motifs is 2. The van der Waals surface area contributed by atoms with E-state index in [9.17, 15) is 0 Å². The molecule has 1 aromatic carbocycles. The zero-order valence-corrected chi connectivity index (χ0v) is 14.9. The Kier molecular flexibility index (Phi) is 4.76. The van der Waals surface area contributed by atoms with Crippen LogP contribution in [0.15, 0.2) is 40.8 Å². The van der Waals surface area contributed by atoms with E-state index in [0.29, 0.717) is 0 Å². The minimum atomic E-state index is 0. The first kappa shape index (κ1) is 16.8. The Balaban J connectivity index is 0.00000169. The molecule has 0 atom stereocenters. The van der Waals surface area contributed by atoms with Crippen molar-refractivity contribution in [3.63, 3.8) is 0 Å². The Labute approximate surface area is 148 Å². The van der Waals surface area contributed by atoms with Gasteiger partial charge in [0.05, 0.1) is 6.07 Å². The van der Waals surface area contributed by atoms with Crippen LogP contribution in [0.2, 0.25) is 0 Å². The van der Waals surface area contributed by atoms with Crippen molar-refractivity contribution in [1.29, 1.82) is 0 Å². The van der Waals surface area contributed by atoms with E-state index in [1.54, 1.807) is 0 Å². The Morgan fingerprint density at radius 3 is 2.54 bits per heavy atom. The normalized spacial score (nSPS) is 14.7. The third kappa shape index (κ3) is 3.11. The molecule has 4 nitrogen and oxygen atoms in total. The standard InChI is InChI=1S/C19H22N3O.ClH/c1-21(2)14-6-8-16-18(12-14)23-19-13-15(7-9-17(19)20-16)22-10-4-3-5-11-22;/h6-9,12-13H,3-5,10-11H2,1-2H3;1H/q+1;/p-1. The quantitative estimate of drug-likeness (QED) is 0.459. The number of hydrogen-bond acceptors (Lipinski definition) is 3. The van der Waals surface area contributed by atoms with Crippen molar-refractivity contribution in [2.45, 2.75) is 19.3 Å². The van der Waals surface area contributed by atoms with Crippen LogP contribution >= 0.6 is 0 Å². The molecule has 1 aliphatic carbocycles. The zero-order chi connectivity index (χ0) is 15.8. The molecule has 0 spiro atoms. The van der Waals surface area contributed by atoms with E-state index in [-0.39, 0.29) is 12.4 Å². The van der Waals surface area contributed by atoms with Gasteiger partial charge >= 0.3 is 0 Å². The molecule has 2 heterocycles. The molecule has 126 valence electrons. The number of anilines is 1. The average molecular weight is 344 g/mol. The molecule has 1 aromatic rings. The highest BCUT2D eigenvalue weighted by Crippen LogP contribution is 2.28. The van der Waals surface area contributed by atoms with E-state index in [0.717, 1.165) is 41.0 Å². The molecule has 0 radical (unpaired) electrons. The van der Waals surface area contributed by atoms with Crippen molar-refractivity contribution in [3.8, 4) is 11.5 Å². The second kappa shape index (κ2) is 6.81. The van der Waals surface area contributed by atoms with Crippen molar-refractivity contribution in [2.24, 2.45) is 0 Å². The minimum Gasteiger partial charge on any atom is -1.00 e. The van der Waals surface area contributed by atoms with Crippen molar-refractivity contribution >= 4 is 16.8 Å². The van der Waals surface area contributed by atoms with Gasteiger partial charge in [0.2, 0.25) is 5.36 Å². The smallest absolute Gasteiger partial charge is 0.203 e. The number of benzene rings is 2. The van der Waals surface area contributed by atoms with Crippen LogP contribution in [0.3, 0.4) is 0 Å². The third-order valence-corrected chi connectivity index (χ3v) is 4.59. The summed E-state index contributed by atoms with van der Waals surface area (Å²) < 4.78 is 8.23. The van der Waals surface area contributed by atoms with Crippen molar-refractivity contribution in [3.05, 3.63) is 41.8 Å². The monoisotopic (exact) mass is 343 g/mol. The molecule has 1 saturated heterocycles. The van der Waals surface area contributed by atoms with Gasteiger partial charge in [-0.3, -0.25) is 0 Å². The van der Waals surface area contributed by atoms with Gasteiger partial charge in [-0.25, -0.2) is 9.56 Å². The Bertz CT molecular complexity index is 893. The molecule has 0 unspecified atom stereocenters. The van der Waals surface area contributed by atoms with Gasteiger partial charge in [-0.05, 0) is 37.5 Å². The van der Waals surface area contributed by atoms with E-state index in [1.165, 1.54) is 24.9 Å². The third-order valence-electron chi connectivity index (χ3n) is 4.59. The Morgan fingerprint density at radius 1 is 1.00 bits per heavy atom. The molecule has 0 N–H and O–H groups in total. The summed E-state index contributed by atoms with van der Waals surface area (Å²) in [6, 6.07) is 12.5. The zero-order valence-electron chi connectivity index (χ0n) is 14.1. The number of nitrogens with zero attached hydrogens (tertiary/aromatic N) is 3. The summed E-state index contributed by atoms with van der Waals surface area (Å²) in [7, 11) is 4.06. The molecular formula is C19H22ClN3O. The first-order valence-corrected chi connectivity index (χ1v) is 8.31. The molecule has 5 heteroatoms. The Morgan fingerprint density at radius 2 is 1.79 bits per heavy atom. The Hall–Kier alpha value is -2.07. The highest BCUT2D eigenvalue weighted by atomic mass is 35.5. The van der Waals surface area contributed by atoms with Crippen LogP contribution < -0.4 is 27.2 Å². The number of rotatable bonds is 1. The highest BCUT2D eigenvalue weighted by molar-refractivity contribution is 5.80. The minimum absolute atomic E-state index is 0. The van der Waals surface area contributed by atoms with Crippen LogP contribution in [0, 0.1) is 0 Å². The molecule has 1 fully saturated rings. The molecule has 0 amide bonds. The van der Waals surface area contributed by atoms with Crippen molar-refractivity contribution in [2.75, 3.05) is 32.1 Å². The molecule has 0 bridgehead atoms. The predicted molar refractivity (Wildman–Crippen MR) is 93.8 cm³/mol. The van der Waals surface area contributed by atoms with E-state index < -0.39 is 0 Å². The molecule has 0 aromatic heterocycles. The predicted octanol–water partition coefficient (Wildman–Crippen LogP) is -0.0413. The topological polar surface area (TPSA) is 32.3 Å². The van der Waals surface area contributed by atoms with Gasteiger partial charge in [-0.1, -0.05) is 0 Å². The molecule has 2 aliphatic heterocycles. The lowest BCUT2D eigenvalue weighted by molar-refractivity contribution is -0.00000522. The molecule has 4 rings (SSSR count). The first-order valence-electron chi connectivity index (χ1n) is 8.31. The number of halogens is 1. The van der Waals surface area contributed by atoms with Crippen LogP contribution in [0.5, 0.6) is 0 Å². The molecular weight excluding hydrogens is 322 g/mol. The maximum atomic E-state index is 6.15. The summed E-state index contributed by atoms with van der Waals surface area (Å²) in [5.41, 5.74) is 3.91. The summed E-state index contributed by atoms with van der Waals surface area (Å²) >= 11 is 0. The van der Waals surface area contributed by atoms with Gasteiger partial charge in [0.25, 0.3) is 0 Å². The number of piperidine rings is 1. The van der Waals surface area contributed by atoms with E-state index in [2.05, 4.69) is 39.8 Å². The van der Waals surface area contributed by atoms with E-state index in [1.807, 2.05) is 20.2 Å². The van der Waals surface area contributed by atoms with Gasteiger partial charge < -0.3 is 21.7 Å². The van der Waals surface area contributed by atoms with Gasteiger partial charge in [0.1, 0.15) is 25.3 Å². The fourth-order valence-electron chi connectivity index (χ4n) is 3.23. The SMILES string of the molecule is C[N+](C)=c1ccc2nc3ccc(N4CCCCC4)cc3oc-2c1.[Cl-]. The molecule has 3 aliphatic rings. The second-order valence-electron chi connectivity index (χ2n) is 6.46. The van der Waals surface area contributed by atoms with Gasteiger partial charge in [-0.15, -0.1) is 0 Å². The van der Waals surface area contributed by atoms with Gasteiger partial charge in [0, 0.05) is 30.9 Å². The van der Waals surface area contributed by atoms with Gasteiger partial charge in [0.15, 0.2) is 11.3 Å². The molecule has 0 saturated carbocycles. The van der Waals surface area contributed by atoms with E-state index >= 15 is 0 Å². The maximum Gasteiger partial charge on any atom is 0.203 e. The summed E-state index contributed by atoms with van der Waals surface area (Å²) in [5.74, 6) is 0.833. The van der Waals surface area contributed by atoms with Crippen LogP contribution in [-0.2, 0) is 0 Å². The first-order chi connectivity index (χ1) is 11.2. The number of aromatic nitrogens is 1. The van der Waals surface area contributed by atoms with Crippen LogP contribution in [0.25, 0.3) is 22.6 Å². The fraction of sp³-hybridized carbons (Fsp3) is 0.368. The highest BCUT2D eigenvalue weighted by Gasteiger charge is 2.14. The largest absolute Gasteiger partial charge is 1.00 e. The lowest BCUT2D eigenvalue weighted by Gasteiger charge is -2.28. The lowest BCUT2D eigenvalue weighted by atomic mass is 10.1. The summed E-state index contributed by atoms with van der Waals surface area (Å²) in [5, 5.41) is 1.12. The van der Waals surface area contributed by atoms with Crippen LogP contribution in [-0.4, -0.2) is 32.2 Å². The van der Waals surface area contributed by atoms with E-state index in [4.69, 9.17) is 9.40 Å². The van der Waals surface area contributed by atoms with Crippen molar-refractivity contribution in [1.82, 2.24) is 9.56 Å². The average Bonchev–Trinajstić information content (AvgIpc) is 2.59. The van der Waals surface area contributed by atoms with Crippen LogP contribution in [0.4, 0.5) is 5.69 Å². The maximum absolute atomic E-state index is 6.15. The second-order valence-corrected chi connectivity index (χ2v) is 6.46. The van der Waals surface area contributed by atoms with Crippen LogP contribution in [0.1, 0.15) is 19.3 Å². The molecule has 24 heavy (non-hydrogen) atoms. The lowest BCUT2D eigenvalue weighted by Crippen LogP contribution is -3.00. The van der Waals surface area contributed by atoms with Gasteiger partial charge in [-0.2, -0.15) is 0 Å². The summed E-state index contributed by atoms with van der Waals surface area (Å²) in [4.78, 5) is 7.18. The fourth-order valence-corrected chi connectivity index (χ4v) is 3.23. The van der Waals surface area contributed by atoms with Crippen molar-refractivity contribution < 1.29 is 16.8 Å².